The van der Waals surface area contributed by atoms with Crippen LogP contribution in [-0.2, 0) is 16.8 Å². The first-order valence-corrected chi connectivity index (χ1v) is 14.2. The average Bonchev–Trinajstić information content (AvgIpc) is 3.24. The molecule has 0 fully saturated rings. The lowest BCUT2D eigenvalue weighted by atomic mass is 9.90. The molecule has 0 saturated heterocycles. The van der Waals surface area contributed by atoms with Crippen molar-refractivity contribution in [2.45, 2.75) is 71.6 Å². The topological polar surface area (TPSA) is 90.9 Å². The molecule has 1 aliphatic rings. The molecule has 39 heavy (non-hydrogen) atoms. The van der Waals surface area contributed by atoms with Crippen molar-refractivity contribution < 1.29 is 26.4 Å². The number of anilines is 1. The van der Waals surface area contributed by atoms with Crippen LogP contribution >= 0.6 is 0 Å². The smallest absolute Gasteiger partial charge is 0.307 e. The minimum Gasteiger partial charge on any atom is -0.307 e. The zero-order valence-electron chi connectivity index (χ0n) is 22.7. The van der Waals surface area contributed by atoms with Crippen LogP contribution in [0.1, 0.15) is 68.2 Å². The summed E-state index contributed by atoms with van der Waals surface area (Å²) in [7, 11) is -4.42. The number of rotatable bonds is 10. The summed E-state index contributed by atoms with van der Waals surface area (Å²) < 4.78 is 68.3. The number of nitrogens with zero attached hydrogens (tertiary/aromatic N) is 2. The van der Waals surface area contributed by atoms with Crippen LogP contribution in [0.3, 0.4) is 0 Å². The summed E-state index contributed by atoms with van der Waals surface area (Å²) in [6.07, 6.45) is -2.84. The number of amides is 2. The molecule has 1 atom stereocenters. The molecule has 212 valence electrons. The van der Waals surface area contributed by atoms with Crippen LogP contribution in [0, 0.1) is 6.92 Å². The minimum absolute atomic E-state index is 0.0701. The first kappa shape index (κ1) is 30.4. The molecule has 3 rings (SSSR count). The number of aliphatic imine (C=N–C) groups is 1. The van der Waals surface area contributed by atoms with Gasteiger partial charge in [-0.3, -0.25) is 4.99 Å². The van der Waals surface area contributed by atoms with E-state index in [1.54, 1.807) is 30.3 Å². The molecule has 11 heteroatoms. The van der Waals surface area contributed by atoms with E-state index in [9.17, 15) is 26.4 Å². The Morgan fingerprint density at radius 3 is 2.15 bits per heavy atom. The van der Waals surface area contributed by atoms with Crippen LogP contribution in [0.4, 0.5) is 23.7 Å². The number of urea groups is 1. The Morgan fingerprint density at radius 2 is 1.62 bits per heavy atom. The van der Waals surface area contributed by atoms with Gasteiger partial charge in [0.15, 0.2) is 0 Å². The normalized spacial score (nSPS) is 15.8. The van der Waals surface area contributed by atoms with Crippen LogP contribution in [0.15, 0.2) is 59.6 Å². The quantitative estimate of drug-likeness (QED) is 0.348. The predicted octanol–water partition coefficient (Wildman–Crippen LogP) is 6.44. The van der Waals surface area contributed by atoms with Gasteiger partial charge in [-0.1, -0.05) is 81.8 Å². The van der Waals surface area contributed by atoms with Crippen molar-refractivity contribution in [1.82, 2.24) is 9.03 Å². The number of nitrogens with one attached hydrogen (secondary N) is 2. The highest BCUT2D eigenvalue weighted by atomic mass is 32.2. The molecule has 0 bridgehead atoms. The van der Waals surface area contributed by atoms with E-state index >= 15 is 0 Å². The summed E-state index contributed by atoms with van der Waals surface area (Å²) in [6, 6.07) is 10.6. The van der Waals surface area contributed by atoms with Gasteiger partial charge in [0.05, 0.1) is 24.7 Å². The van der Waals surface area contributed by atoms with Crippen LogP contribution in [0.25, 0.3) is 0 Å². The minimum atomic E-state index is -4.42. The summed E-state index contributed by atoms with van der Waals surface area (Å²) in [4.78, 5) is 17.1. The Balaban J connectivity index is 1.86. The summed E-state index contributed by atoms with van der Waals surface area (Å²) in [5.41, 5.74) is 4.17. The predicted molar refractivity (Wildman–Crippen MR) is 148 cm³/mol. The Kier molecular flexibility index (Phi) is 9.60. The summed E-state index contributed by atoms with van der Waals surface area (Å²) in [5.74, 6) is 0.140. The second-order valence-electron chi connectivity index (χ2n) is 10.3. The third-order valence-corrected chi connectivity index (χ3v) is 7.59. The number of hydrogen-bond donors (Lipinski definition) is 2. The summed E-state index contributed by atoms with van der Waals surface area (Å²) in [5, 5.41) is 2.75. The Hall–Kier alpha value is -3.18. The lowest BCUT2D eigenvalue weighted by molar-refractivity contribution is -0.135. The van der Waals surface area contributed by atoms with Crippen LogP contribution < -0.4 is 10.0 Å². The van der Waals surface area contributed by atoms with Gasteiger partial charge in [-0.15, -0.1) is 0 Å². The third kappa shape index (κ3) is 8.66. The van der Waals surface area contributed by atoms with E-state index in [4.69, 9.17) is 0 Å². The van der Waals surface area contributed by atoms with Crippen molar-refractivity contribution in [2.75, 3.05) is 11.9 Å². The average molecular weight is 565 g/mol. The van der Waals surface area contributed by atoms with Gasteiger partial charge in [-0.05, 0) is 41.5 Å². The Bertz CT molecular complexity index is 1310. The second-order valence-corrected chi connectivity index (χ2v) is 12.0. The standard InChI is InChI=1S/C28H35F3N4O3S/c1-18(2)24-13-20(5)14-25(19(3)4)26(24)33-27(36)34-39(37,38)35(16-21-9-7-6-8-10-21)17-23-12-11-22(32-23)15-28(29,30)31/h6-14,18-19,22H,15-17H2,1-5H3,(H2,33,34,36). The van der Waals surface area contributed by atoms with Crippen molar-refractivity contribution in [3.8, 4) is 0 Å². The van der Waals surface area contributed by atoms with E-state index in [1.807, 2.05) is 46.8 Å². The summed E-state index contributed by atoms with van der Waals surface area (Å²) in [6.45, 7) is 9.50. The Labute approximate surface area is 228 Å². The number of benzene rings is 2. The molecule has 1 heterocycles. The molecule has 0 saturated carbocycles. The molecule has 0 aromatic heterocycles. The van der Waals surface area contributed by atoms with Crippen molar-refractivity contribution >= 4 is 27.6 Å². The monoisotopic (exact) mass is 564 g/mol. The number of hydrogen-bond acceptors (Lipinski definition) is 4. The van der Waals surface area contributed by atoms with Crippen LogP contribution in [0.5, 0.6) is 0 Å². The van der Waals surface area contributed by atoms with Gasteiger partial charge in [0.2, 0.25) is 0 Å². The molecule has 2 amide bonds. The van der Waals surface area contributed by atoms with Crippen molar-refractivity contribution in [2.24, 2.45) is 4.99 Å². The van der Waals surface area contributed by atoms with Gasteiger partial charge in [-0.2, -0.15) is 25.9 Å². The van der Waals surface area contributed by atoms with E-state index in [0.29, 0.717) is 11.3 Å². The molecule has 2 aromatic carbocycles. The van der Waals surface area contributed by atoms with E-state index in [0.717, 1.165) is 21.0 Å². The number of carbonyl (C=O) groups is 1. The highest BCUT2D eigenvalue weighted by Gasteiger charge is 2.33. The van der Waals surface area contributed by atoms with Gasteiger partial charge in [0.1, 0.15) is 0 Å². The van der Waals surface area contributed by atoms with Gasteiger partial charge in [0.25, 0.3) is 0 Å². The molecule has 0 aliphatic carbocycles. The first-order chi connectivity index (χ1) is 18.1. The lowest BCUT2D eigenvalue weighted by Gasteiger charge is -2.24. The first-order valence-electron chi connectivity index (χ1n) is 12.7. The van der Waals surface area contributed by atoms with Gasteiger partial charge in [0, 0.05) is 12.2 Å². The van der Waals surface area contributed by atoms with E-state index in [2.05, 4.69) is 15.0 Å². The molecule has 1 unspecified atom stereocenters. The molecule has 0 spiro atoms. The lowest BCUT2D eigenvalue weighted by Crippen LogP contribution is -2.46. The van der Waals surface area contributed by atoms with E-state index in [-0.39, 0.29) is 30.6 Å². The summed E-state index contributed by atoms with van der Waals surface area (Å²) >= 11 is 0. The maximum absolute atomic E-state index is 13.4. The zero-order chi connectivity index (χ0) is 29.0. The number of alkyl halides is 3. The van der Waals surface area contributed by atoms with Crippen molar-refractivity contribution in [1.29, 1.82) is 0 Å². The zero-order valence-corrected chi connectivity index (χ0v) is 23.5. The number of carbonyl (C=O) groups excluding carboxylic acids is 1. The second kappa shape index (κ2) is 12.3. The largest absolute Gasteiger partial charge is 0.391 e. The highest BCUT2D eigenvalue weighted by Crippen LogP contribution is 2.34. The molecule has 7 nitrogen and oxygen atoms in total. The van der Waals surface area contributed by atoms with E-state index in [1.165, 1.54) is 12.2 Å². The maximum Gasteiger partial charge on any atom is 0.391 e. The number of halogens is 3. The molecule has 0 radical (unpaired) electrons. The fourth-order valence-electron chi connectivity index (χ4n) is 4.38. The molecular weight excluding hydrogens is 529 g/mol. The third-order valence-electron chi connectivity index (χ3n) is 6.21. The Morgan fingerprint density at radius 1 is 1.03 bits per heavy atom. The molecule has 2 N–H and O–H groups in total. The highest BCUT2D eigenvalue weighted by molar-refractivity contribution is 7.87. The molecular formula is C28H35F3N4O3S. The molecule has 1 aliphatic heterocycles. The van der Waals surface area contributed by atoms with Crippen molar-refractivity contribution in [3.05, 3.63) is 76.9 Å². The van der Waals surface area contributed by atoms with Gasteiger partial charge >= 0.3 is 22.4 Å². The number of aryl methyl sites for hydroxylation is 1. The fraction of sp³-hybridized carbons (Fsp3) is 0.429. The fourth-order valence-corrected chi connectivity index (χ4v) is 5.41. The van der Waals surface area contributed by atoms with Gasteiger partial charge < -0.3 is 5.32 Å². The van der Waals surface area contributed by atoms with Crippen molar-refractivity contribution in [3.63, 3.8) is 0 Å². The van der Waals surface area contributed by atoms with E-state index < -0.39 is 34.9 Å². The maximum atomic E-state index is 13.4. The molecule has 2 aromatic rings. The SMILES string of the molecule is Cc1cc(C(C)C)c(NC(=O)NS(=O)(=O)N(CC2=NC(CC(F)(F)F)C=C2)Cc2ccccc2)c(C(C)C)c1. The van der Waals surface area contributed by atoms with Gasteiger partial charge in [-0.25, -0.2) is 9.52 Å². The van der Waals surface area contributed by atoms with Crippen LogP contribution in [-0.4, -0.2) is 43.2 Å². The van der Waals surface area contributed by atoms with Crippen LogP contribution in [0.2, 0.25) is 0 Å².